The lowest BCUT2D eigenvalue weighted by atomic mass is 9.27. The zero-order chi connectivity index (χ0) is 57.0. The second-order valence-electron chi connectivity index (χ2n) is 24.6. The van der Waals surface area contributed by atoms with E-state index in [1.807, 2.05) is 0 Å². The first-order valence-electron chi connectivity index (χ1n) is 30.9. The van der Waals surface area contributed by atoms with Crippen molar-refractivity contribution in [1.29, 1.82) is 0 Å². The molecular weight excluding hydrogens is 1060 g/mol. The van der Waals surface area contributed by atoms with Gasteiger partial charge in [-0.1, -0.05) is 188 Å². The second-order valence-corrected chi connectivity index (χ2v) is 24.6. The molecule has 0 aromatic heterocycles. The fourth-order valence-corrected chi connectivity index (χ4v) is 17.4. The Morgan fingerprint density at radius 1 is 0.159 bits per heavy atom. The monoisotopic (exact) mass is 1110 g/mol. The molecule has 0 atom stereocenters. The van der Waals surface area contributed by atoms with Gasteiger partial charge in [0.25, 0.3) is 26.9 Å². The van der Waals surface area contributed by atoms with Gasteiger partial charge in [0.2, 0.25) is 0 Å². The zero-order valence-corrected chi connectivity index (χ0v) is 47.7. The Morgan fingerprint density at radius 3 is 0.636 bits per heavy atom. The number of hydrogen-bond acceptors (Lipinski definition) is 6. The molecule has 0 aliphatic carbocycles. The van der Waals surface area contributed by atoms with Gasteiger partial charge in [-0.3, -0.25) is 0 Å². The van der Waals surface area contributed by atoms with E-state index in [4.69, 9.17) is 0 Å². The van der Waals surface area contributed by atoms with Crippen molar-refractivity contribution in [3.05, 3.63) is 291 Å². The summed E-state index contributed by atoms with van der Waals surface area (Å²) in [6.07, 6.45) is 0. The Morgan fingerprint density at radius 2 is 0.364 bits per heavy atom. The van der Waals surface area contributed by atoms with Crippen molar-refractivity contribution in [3.8, 4) is 0 Å². The molecule has 0 fully saturated rings. The van der Waals surface area contributed by atoms with E-state index in [0.29, 0.717) is 0 Å². The van der Waals surface area contributed by atoms with E-state index in [1.54, 1.807) is 0 Å². The maximum atomic E-state index is 2.69. The van der Waals surface area contributed by atoms with Crippen LogP contribution in [-0.4, -0.2) is 26.9 Å². The van der Waals surface area contributed by atoms with Gasteiger partial charge in [-0.05, 0) is 169 Å². The molecule has 8 aliphatic heterocycles. The standard InChI is InChI=1S/C78H48B4N6/c1-5-25-49(26-6-1)83-61-39-19-13-33-53(61)79-55-35-15-21-41-63(55)87-65-43-23-17-37-57(65)81-59-45-60-68(46-67(59)85(51-29-9-3-10-30-51)71-47-69(83)73(79)77(87)75(71)81)86(52-31-11-4-12-32-52)72-48-70-74-78-76(72)82(60)58-38-18-24-44-66(58)88(78)64-42-22-16-36-56(64)80(74)54-34-14-20-40-62(54)84(70)50-27-7-2-8-28-50/h1-48H. The number of rotatable bonds is 4. The Kier molecular flexibility index (Phi) is 9.28. The first kappa shape index (κ1) is 47.2. The smallest absolute Gasteiger partial charge is 0.252 e. The average molecular weight is 1110 g/mol. The molecule has 0 spiro atoms. The molecule has 0 unspecified atom stereocenters. The molecular formula is C78H48B4N6. The van der Waals surface area contributed by atoms with Gasteiger partial charge in [0.15, 0.2) is 0 Å². The molecule has 21 rings (SSSR count). The van der Waals surface area contributed by atoms with Crippen molar-refractivity contribution >= 4 is 195 Å². The molecule has 0 amide bonds. The van der Waals surface area contributed by atoms with Crippen LogP contribution in [0.3, 0.4) is 0 Å². The summed E-state index contributed by atoms with van der Waals surface area (Å²) in [6.45, 7) is -0.238. The number of para-hydroxylation sites is 10. The van der Waals surface area contributed by atoms with E-state index in [1.165, 1.54) is 145 Å². The van der Waals surface area contributed by atoms with Gasteiger partial charge >= 0.3 is 0 Å². The summed E-state index contributed by atoms with van der Waals surface area (Å²) in [5.41, 5.74) is 37.5. The summed E-state index contributed by atoms with van der Waals surface area (Å²) >= 11 is 0. The lowest BCUT2D eigenvalue weighted by Crippen LogP contribution is -2.70. The number of anilines is 18. The highest BCUT2D eigenvalue weighted by atomic mass is 15.2. The zero-order valence-electron chi connectivity index (χ0n) is 47.7. The maximum absolute atomic E-state index is 2.69. The Hall–Kier alpha value is -11.1. The third-order valence-electron chi connectivity index (χ3n) is 20.5. The van der Waals surface area contributed by atoms with Crippen LogP contribution in [0.1, 0.15) is 0 Å². The van der Waals surface area contributed by atoms with E-state index >= 15 is 0 Å². The van der Waals surface area contributed by atoms with Gasteiger partial charge in [0.1, 0.15) is 0 Å². The predicted molar refractivity (Wildman–Crippen MR) is 373 cm³/mol. The lowest BCUT2D eigenvalue weighted by molar-refractivity contribution is 1.22. The Bertz CT molecular complexity index is 4860. The fourth-order valence-electron chi connectivity index (χ4n) is 17.4. The molecule has 0 saturated heterocycles. The van der Waals surface area contributed by atoms with Crippen LogP contribution < -0.4 is 95.0 Å². The third kappa shape index (κ3) is 5.92. The molecule has 8 aliphatic rings. The first-order chi connectivity index (χ1) is 43.8. The van der Waals surface area contributed by atoms with E-state index in [9.17, 15) is 0 Å². The van der Waals surface area contributed by atoms with Crippen LogP contribution in [0.4, 0.5) is 102 Å². The minimum atomic E-state index is -0.118. The summed E-state index contributed by atoms with van der Waals surface area (Å²) in [6, 6.07) is 110. The van der Waals surface area contributed by atoms with Gasteiger partial charge in [-0.15, -0.1) is 0 Å². The van der Waals surface area contributed by atoms with Crippen LogP contribution in [0.5, 0.6) is 0 Å². The largest absolute Gasteiger partial charge is 0.312 e. The van der Waals surface area contributed by atoms with Gasteiger partial charge in [-0.25, -0.2) is 0 Å². The highest BCUT2D eigenvalue weighted by Crippen LogP contribution is 2.54. The summed E-state index contributed by atoms with van der Waals surface area (Å²) in [5.74, 6) is 0. The highest BCUT2D eigenvalue weighted by molar-refractivity contribution is 7.07. The molecule has 6 nitrogen and oxygen atoms in total. The summed E-state index contributed by atoms with van der Waals surface area (Å²) in [5, 5.41) is 0. The van der Waals surface area contributed by atoms with Crippen LogP contribution in [0.15, 0.2) is 291 Å². The summed E-state index contributed by atoms with van der Waals surface area (Å²) in [7, 11) is 0. The van der Waals surface area contributed by atoms with Crippen molar-refractivity contribution < 1.29 is 0 Å². The van der Waals surface area contributed by atoms with Crippen molar-refractivity contribution in [2.24, 2.45) is 0 Å². The summed E-state index contributed by atoms with van der Waals surface area (Å²) in [4.78, 5) is 15.7. The van der Waals surface area contributed by atoms with Crippen molar-refractivity contribution in [2.45, 2.75) is 0 Å². The number of benzene rings is 13. The second kappa shape index (κ2) is 17.3. The Balaban J connectivity index is 0.906. The third-order valence-corrected chi connectivity index (χ3v) is 20.5. The van der Waals surface area contributed by atoms with Gasteiger partial charge < -0.3 is 29.4 Å². The molecule has 10 heteroatoms. The molecule has 0 N–H and O–H groups in total. The van der Waals surface area contributed by atoms with E-state index < -0.39 is 0 Å². The lowest BCUT2D eigenvalue weighted by Gasteiger charge is -2.52. The van der Waals surface area contributed by atoms with Crippen molar-refractivity contribution in [1.82, 2.24) is 0 Å². The van der Waals surface area contributed by atoms with Crippen molar-refractivity contribution in [2.75, 3.05) is 29.4 Å². The van der Waals surface area contributed by atoms with Crippen LogP contribution >= 0.6 is 0 Å². The van der Waals surface area contributed by atoms with Gasteiger partial charge in [-0.2, -0.15) is 0 Å². The van der Waals surface area contributed by atoms with Crippen LogP contribution in [0, 0.1) is 0 Å². The molecule has 0 saturated carbocycles. The van der Waals surface area contributed by atoms with Gasteiger partial charge in [0.05, 0.1) is 0 Å². The fraction of sp³-hybridized carbons (Fsp3) is 0. The van der Waals surface area contributed by atoms with E-state index in [0.717, 1.165) is 22.7 Å². The van der Waals surface area contributed by atoms with Crippen LogP contribution in [0.25, 0.3) is 0 Å². The molecule has 8 heterocycles. The van der Waals surface area contributed by atoms with Crippen molar-refractivity contribution in [3.63, 3.8) is 0 Å². The molecule has 13 aromatic rings. The molecule has 402 valence electrons. The maximum Gasteiger partial charge on any atom is 0.252 e. The summed E-state index contributed by atoms with van der Waals surface area (Å²) < 4.78 is 0. The van der Waals surface area contributed by atoms with Crippen LogP contribution in [-0.2, 0) is 0 Å². The number of hydrogen-bond donors (Lipinski definition) is 0. The molecule has 0 bridgehead atoms. The number of fused-ring (bicyclic) bond motifs is 20. The minimum absolute atomic E-state index is 0.000746. The van der Waals surface area contributed by atoms with E-state index in [2.05, 4.69) is 321 Å². The topological polar surface area (TPSA) is 19.4 Å². The quantitative estimate of drug-likeness (QED) is 0.162. The molecule has 13 aromatic carbocycles. The van der Waals surface area contributed by atoms with Gasteiger partial charge in [0, 0.05) is 102 Å². The minimum Gasteiger partial charge on any atom is -0.312 e. The predicted octanol–water partition coefficient (Wildman–Crippen LogP) is 11.1. The normalized spacial score (nSPS) is 14.6. The number of nitrogens with zero attached hydrogens (tertiary/aromatic N) is 6. The average Bonchev–Trinajstić information content (AvgIpc) is 0.905. The molecule has 0 radical (unpaired) electrons. The SMILES string of the molecule is c1ccc(N2c3ccccc3B3c4ccccc4N4c5ccccc5B5c6cc7c(cc6N(c6ccccc6)c6cc2c3c4c65)N(c2ccccc2)c2cc3c4c5c2B7c2ccccc2N5c2ccccc2B4c2ccccc2N3c2ccccc2)cc1. The van der Waals surface area contributed by atoms with E-state index in [-0.39, 0.29) is 26.9 Å². The molecule has 88 heavy (non-hydrogen) atoms. The highest BCUT2D eigenvalue weighted by Gasteiger charge is 2.55. The Labute approximate surface area is 512 Å². The first-order valence-corrected chi connectivity index (χ1v) is 30.9. The van der Waals surface area contributed by atoms with Crippen LogP contribution in [0.2, 0.25) is 0 Å².